The summed E-state index contributed by atoms with van der Waals surface area (Å²) < 4.78 is 28.4. The molecule has 4 aromatic carbocycles. The summed E-state index contributed by atoms with van der Waals surface area (Å²) in [7, 11) is -2.26. The van der Waals surface area contributed by atoms with Gasteiger partial charge in [-0.05, 0) is 65.1 Å². The van der Waals surface area contributed by atoms with E-state index >= 15 is 0 Å². The second-order valence-electron chi connectivity index (χ2n) is 10.00. The number of sulfonamides is 1. The Kier molecular flexibility index (Phi) is 10.5. The third-order valence-corrected chi connectivity index (χ3v) is 7.97. The maximum atomic E-state index is 13.9. The molecule has 0 atom stereocenters. The van der Waals surface area contributed by atoms with E-state index < -0.39 is 21.9 Å². The van der Waals surface area contributed by atoms with Gasteiger partial charge >= 0.3 is 5.97 Å². The molecule has 0 aromatic heterocycles. The first-order valence-corrected chi connectivity index (χ1v) is 15.3. The molecule has 0 aliphatic rings. The van der Waals surface area contributed by atoms with Crippen LogP contribution in [0.25, 0.3) is 11.1 Å². The average Bonchev–Trinajstić information content (AvgIpc) is 3.03. The highest BCUT2D eigenvalue weighted by atomic mass is 32.2. The number of nitrogens with two attached hydrogens (primary N) is 1. The molecule has 0 aliphatic carbocycles. The Bertz CT molecular complexity index is 1740. The number of nitrogens with one attached hydrogen (secondary N) is 1. The van der Waals surface area contributed by atoms with Gasteiger partial charge in [0.15, 0.2) is 0 Å². The topological polar surface area (TPSA) is 156 Å². The average molecular weight is 616 g/mol. The summed E-state index contributed by atoms with van der Waals surface area (Å²) in [6.45, 7) is 0.430. The Morgan fingerprint density at radius 2 is 1.36 bits per heavy atom. The van der Waals surface area contributed by atoms with E-state index in [0.29, 0.717) is 41.0 Å². The third-order valence-electron chi connectivity index (χ3n) is 7.04. The van der Waals surface area contributed by atoms with Crippen LogP contribution in [0.15, 0.2) is 102 Å². The number of hydrogen-bond donors (Lipinski definition) is 3. The number of rotatable bonds is 13. The van der Waals surface area contributed by atoms with Gasteiger partial charge in [0.1, 0.15) is 5.75 Å². The predicted octanol–water partition coefficient (Wildman–Crippen LogP) is 4.10. The number of carboxylic acids is 1. The number of hydrogen-bond acceptors (Lipinski definition) is 6. The lowest BCUT2D eigenvalue weighted by Gasteiger charge is -2.24. The number of benzene rings is 4. The summed E-state index contributed by atoms with van der Waals surface area (Å²) in [5, 5.41) is 17.5. The lowest BCUT2D eigenvalue weighted by molar-refractivity contribution is -0.137. The molecule has 4 N–H and O–H groups in total. The van der Waals surface area contributed by atoms with E-state index in [4.69, 9.17) is 9.88 Å². The fraction of sp³-hybridized carbons (Fsp3) is 0.182. The van der Waals surface area contributed by atoms with Crippen molar-refractivity contribution in [2.75, 3.05) is 20.2 Å². The predicted molar refractivity (Wildman–Crippen MR) is 166 cm³/mol. The van der Waals surface area contributed by atoms with Crippen LogP contribution in [0.4, 0.5) is 0 Å². The molecule has 228 valence electrons. The molecule has 0 fully saturated rings. The largest absolute Gasteiger partial charge is 0.497 e. The fourth-order valence-electron chi connectivity index (χ4n) is 4.67. The second-order valence-corrected chi connectivity index (χ2v) is 11.6. The van der Waals surface area contributed by atoms with Gasteiger partial charge in [-0.3, -0.25) is 14.4 Å². The highest BCUT2D eigenvalue weighted by Gasteiger charge is 2.23. The van der Waals surface area contributed by atoms with E-state index in [1.54, 1.807) is 67.8 Å². The standard InChI is InChI=1S/C33H33N3O7S/c1-43-25-14-10-24(11-15-25)22-35-32(39)29-8-4-2-6-27(29)28-7-3-5-9-30(28)33(40)36(21-19-31(37)38)20-18-23-12-16-26(17-13-23)44(34,41)42/h2-17H,18-22H2,1H3,(H,35,39)(H,37,38)(H2,34,41,42). The van der Waals surface area contributed by atoms with Gasteiger partial charge in [0.25, 0.3) is 11.8 Å². The number of nitrogens with zero attached hydrogens (tertiary/aromatic N) is 1. The van der Waals surface area contributed by atoms with Crippen LogP contribution in [0.5, 0.6) is 5.75 Å². The maximum absolute atomic E-state index is 13.9. The van der Waals surface area contributed by atoms with Gasteiger partial charge < -0.3 is 20.1 Å². The number of methoxy groups -OCH3 is 1. The number of aliphatic carboxylic acids is 1. The van der Waals surface area contributed by atoms with E-state index in [-0.39, 0.29) is 30.3 Å². The molecule has 10 nitrogen and oxygen atoms in total. The molecule has 0 saturated carbocycles. The summed E-state index contributed by atoms with van der Waals surface area (Å²) >= 11 is 0. The number of carboxylic acid groups (broad SMARTS) is 1. The van der Waals surface area contributed by atoms with Gasteiger partial charge in [-0.1, -0.05) is 60.7 Å². The lowest BCUT2D eigenvalue weighted by Crippen LogP contribution is -2.35. The van der Waals surface area contributed by atoms with Crippen molar-refractivity contribution in [2.24, 2.45) is 5.14 Å². The van der Waals surface area contributed by atoms with Crippen molar-refractivity contribution in [3.8, 4) is 16.9 Å². The molecule has 4 rings (SSSR count). The highest BCUT2D eigenvalue weighted by molar-refractivity contribution is 7.89. The van der Waals surface area contributed by atoms with Gasteiger partial charge in [-0.2, -0.15) is 0 Å². The van der Waals surface area contributed by atoms with Crippen LogP contribution in [0.2, 0.25) is 0 Å². The monoisotopic (exact) mass is 615 g/mol. The van der Waals surface area contributed by atoms with Crippen molar-refractivity contribution in [2.45, 2.75) is 24.3 Å². The smallest absolute Gasteiger partial charge is 0.305 e. The summed E-state index contributed by atoms with van der Waals surface area (Å²) in [5.74, 6) is -1.04. The van der Waals surface area contributed by atoms with Gasteiger partial charge in [0, 0.05) is 30.8 Å². The Balaban J connectivity index is 1.58. The van der Waals surface area contributed by atoms with Crippen molar-refractivity contribution in [3.63, 3.8) is 0 Å². The Morgan fingerprint density at radius 1 is 0.795 bits per heavy atom. The molecule has 0 bridgehead atoms. The minimum atomic E-state index is -3.84. The SMILES string of the molecule is COc1ccc(CNC(=O)c2ccccc2-c2ccccc2C(=O)N(CCC(=O)O)CCc2ccc(S(N)(=O)=O)cc2)cc1. The van der Waals surface area contributed by atoms with E-state index in [9.17, 15) is 27.9 Å². The number of ether oxygens (including phenoxy) is 1. The van der Waals surface area contributed by atoms with E-state index in [1.165, 1.54) is 17.0 Å². The number of amides is 2. The Morgan fingerprint density at radius 3 is 1.95 bits per heavy atom. The minimum Gasteiger partial charge on any atom is -0.497 e. The van der Waals surface area contributed by atoms with Crippen molar-refractivity contribution in [3.05, 3.63) is 119 Å². The number of primary sulfonamides is 1. The van der Waals surface area contributed by atoms with Crippen LogP contribution in [0, 0.1) is 0 Å². The van der Waals surface area contributed by atoms with Crippen LogP contribution in [-0.2, 0) is 27.8 Å². The molecule has 2 amide bonds. The quantitative estimate of drug-likeness (QED) is 0.204. The number of carbonyl (C=O) groups is 3. The summed E-state index contributed by atoms with van der Waals surface area (Å²) in [5.41, 5.74) is 3.43. The zero-order valence-corrected chi connectivity index (χ0v) is 24.9. The Hall–Kier alpha value is -5.00. The van der Waals surface area contributed by atoms with Gasteiger partial charge in [-0.25, -0.2) is 13.6 Å². The lowest BCUT2D eigenvalue weighted by atomic mass is 9.94. The molecule has 0 aliphatic heterocycles. The molecular weight excluding hydrogens is 582 g/mol. The summed E-state index contributed by atoms with van der Waals surface area (Å²) in [6.07, 6.45) is 0.0887. The Labute approximate surface area is 256 Å². The first kappa shape index (κ1) is 31.9. The van der Waals surface area contributed by atoms with Crippen molar-refractivity contribution >= 4 is 27.8 Å². The van der Waals surface area contributed by atoms with E-state index in [1.807, 2.05) is 24.3 Å². The van der Waals surface area contributed by atoms with E-state index in [2.05, 4.69) is 5.32 Å². The maximum Gasteiger partial charge on any atom is 0.305 e. The molecule has 0 heterocycles. The zero-order valence-electron chi connectivity index (χ0n) is 24.1. The molecular formula is C33H33N3O7S. The highest BCUT2D eigenvalue weighted by Crippen LogP contribution is 2.29. The van der Waals surface area contributed by atoms with E-state index in [0.717, 1.165) is 11.1 Å². The first-order valence-electron chi connectivity index (χ1n) is 13.8. The van der Waals surface area contributed by atoms with Gasteiger partial charge in [0.2, 0.25) is 10.0 Å². The van der Waals surface area contributed by atoms with Gasteiger partial charge in [-0.15, -0.1) is 0 Å². The molecule has 0 saturated heterocycles. The normalized spacial score (nSPS) is 11.0. The zero-order chi connectivity index (χ0) is 31.7. The molecule has 44 heavy (non-hydrogen) atoms. The van der Waals surface area contributed by atoms with Crippen molar-refractivity contribution in [1.82, 2.24) is 10.2 Å². The summed E-state index contributed by atoms with van der Waals surface area (Å²) in [6, 6.07) is 27.2. The molecule has 0 spiro atoms. The second kappa shape index (κ2) is 14.5. The van der Waals surface area contributed by atoms with Gasteiger partial charge in [0.05, 0.1) is 18.4 Å². The van der Waals surface area contributed by atoms with Crippen LogP contribution >= 0.6 is 0 Å². The first-order chi connectivity index (χ1) is 21.1. The van der Waals surface area contributed by atoms with Crippen LogP contribution in [0.1, 0.15) is 38.3 Å². The number of carbonyl (C=O) groups excluding carboxylic acids is 2. The van der Waals surface area contributed by atoms with Crippen molar-refractivity contribution in [1.29, 1.82) is 0 Å². The van der Waals surface area contributed by atoms with Crippen LogP contribution in [-0.4, -0.2) is 56.4 Å². The molecule has 0 unspecified atom stereocenters. The molecule has 11 heteroatoms. The van der Waals surface area contributed by atoms with Crippen molar-refractivity contribution < 1.29 is 32.6 Å². The summed E-state index contributed by atoms with van der Waals surface area (Å²) in [4.78, 5) is 40.1. The minimum absolute atomic E-state index is 0.0271. The molecule has 0 radical (unpaired) electrons. The third kappa shape index (κ3) is 8.30. The van der Waals surface area contributed by atoms with Crippen LogP contribution < -0.4 is 15.2 Å². The fourth-order valence-corrected chi connectivity index (χ4v) is 5.18. The molecule has 4 aromatic rings. The van der Waals surface area contributed by atoms with Crippen LogP contribution in [0.3, 0.4) is 0 Å².